The van der Waals surface area contributed by atoms with E-state index in [9.17, 15) is 5.11 Å². The average molecular weight is 285 g/mol. The monoisotopic (exact) mass is 285 g/mol. The molecule has 3 heteroatoms. The molecule has 0 saturated carbocycles. The minimum absolute atomic E-state index is 0.210. The van der Waals surface area contributed by atoms with Gasteiger partial charge in [-0.15, -0.1) is 0 Å². The van der Waals surface area contributed by atoms with Gasteiger partial charge >= 0.3 is 0 Å². The van der Waals surface area contributed by atoms with Crippen molar-refractivity contribution >= 4 is 0 Å². The average Bonchev–Trinajstić information content (AvgIpc) is 2.51. The number of phenolic OH excluding ortho intramolecular Hbond substituents is 1. The molecule has 112 valence electrons. The maximum Gasteiger partial charge on any atom is 0.119 e. The molecule has 0 aliphatic heterocycles. The summed E-state index contributed by atoms with van der Waals surface area (Å²) in [6, 6.07) is 15.8. The quantitative estimate of drug-likeness (QED) is 0.815. The highest BCUT2D eigenvalue weighted by Gasteiger charge is 2.12. The number of methoxy groups -OCH3 is 1. The Kier molecular flexibility index (Phi) is 5.64. The van der Waals surface area contributed by atoms with Crippen molar-refractivity contribution < 1.29 is 9.84 Å². The van der Waals surface area contributed by atoms with Gasteiger partial charge in [0.25, 0.3) is 0 Å². The van der Waals surface area contributed by atoms with Crippen LogP contribution in [0.2, 0.25) is 0 Å². The zero-order valence-corrected chi connectivity index (χ0v) is 12.7. The summed E-state index contributed by atoms with van der Waals surface area (Å²) in [5.74, 6) is 1.18. The molecule has 2 N–H and O–H groups in total. The fourth-order valence-electron chi connectivity index (χ4n) is 2.40. The standard InChI is InChI=1S/C18H23NO2/c1-3-10-19-18(12-14-6-4-8-16(20)11-14)15-7-5-9-17(13-15)21-2/h4-9,11,13,18-20H,3,10,12H2,1-2H3. The first-order chi connectivity index (χ1) is 10.2. The van der Waals surface area contributed by atoms with E-state index in [1.807, 2.05) is 30.3 Å². The van der Waals surface area contributed by atoms with E-state index in [0.29, 0.717) is 5.75 Å². The van der Waals surface area contributed by atoms with Crippen LogP contribution in [0.25, 0.3) is 0 Å². The van der Waals surface area contributed by atoms with Crippen molar-refractivity contribution in [3.63, 3.8) is 0 Å². The van der Waals surface area contributed by atoms with Crippen molar-refractivity contribution in [3.8, 4) is 11.5 Å². The van der Waals surface area contributed by atoms with Gasteiger partial charge in [0.1, 0.15) is 11.5 Å². The van der Waals surface area contributed by atoms with E-state index in [1.54, 1.807) is 13.2 Å². The van der Waals surface area contributed by atoms with Gasteiger partial charge in [0, 0.05) is 6.04 Å². The van der Waals surface area contributed by atoms with E-state index in [-0.39, 0.29) is 6.04 Å². The number of hydrogen-bond donors (Lipinski definition) is 2. The van der Waals surface area contributed by atoms with Gasteiger partial charge in [-0.1, -0.05) is 31.2 Å². The normalized spacial score (nSPS) is 12.1. The second kappa shape index (κ2) is 7.70. The predicted molar refractivity (Wildman–Crippen MR) is 85.8 cm³/mol. The van der Waals surface area contributed by atoms with Crippen molar-refractivity contribution in [1.29, 1.82) is 0 Å². The molecule has 0 aliphatic carbocycles. The number of benzene rings is 2. The second-order valence-electron chi connectivity index (χ2n) is 5.16. The number of hydrogen-bond acceptors (Lipinski definition) is 3. The van der Waals surface area contributed by atoms with Gasteiger partial charge in [-0.05, 0) is 54.8 Å². The molecule has 0 aromatic heterocycles. The highest BCUT2D eigenvalue weighted by atomic mass is 16.5. The first-order valence-corrected chi connectivity index (χ1v) is 7.38. The molecule has 0 saturated heterocycles. The molecule has 2 rings (SSSR count). The van der Waals surface area contributed by atoms with Crippen LogP contribution >= 0.6 is 0 Å². The Morgan fingerprint density at radius 3 is 2.67 bits per heavy atom. The summed E-state index contributed by atoms with van der Waals surface area (Å²) in [4.78, 5) is 0. The van der Waals surface area contributed by atoms with Crippen LogP contribution in [-0.4, -0.2) is 18.8 Å². The fourth-order valence-corrected chi connectivity index (χ4v) is 2.40. The molecule has 1 atom stereocenters. The SMILES string of the molecule is CCCNC(Cc1cccc(O)c1)c1cccc(OC)c1. The Bertz CT molecular complexity index is 569. The van der Waals surface area contributed by atoms with Crippen LogP contribution < -0.4 is 10.1 Å². The van der Waals surface area contributed by atoms with E-state index < -0.39 is 0 Å². The zero-order chi connectivity index (χ0) is 15.1. The van der Waals surface area contributed by atoms with E-state index >= 15 is 0 Å². The van der Waals surface area contributed by atoms with Gasteiger partial charge < -0.3 is 15.2 Å². The summed E-state index contributed by atoms with van der Waals surface area (Å²) in [6.45, 7) is 3.12. The number of phenols is 1. The van der Waals surface area contributed by atoms with Crippen LogP contribution in [0.3, 0.4) is 0 Å². The molecule has 0 aliphatic rings. The second-order valence-corrected chi connectivity index (χ2v) is 5.16. The van der Waals surface area contributed by atoms with Gasteiger partial charge in [-0.2, -0.15) is 0 Å². The van der Waals surface area contributed by atoms with Crippen molar-refractivity contribution in [1.82, 2.24) is 5.32 Å². The summed E-state index contributed by atoms with van der Waals surface area (Å²) in [5.41, 5.74) is 2.32. The third-order valence-corrected chi connectivity index (χ3v) is 3.49. The molecule has 0 heterocycles. The highest BCUT2D eigenvalue weighted by molar-refractivity contribution is 5.33. The van der Waals surface area contributed by atoms with Gasteiger partial charge in [0.2, 0.25) is 0 Å². The van der Waals surface area contributed by atoms with Crippen LogP contribution in [0.4, 0.5) is 0 Å². The molecule has 1 unspecified atom stereocenters. The molecule has 21 heavy (non-hydrogen) atoms. The van der Waals surface area contributed by atoms with E-state index in [1.165, 1.54) is 5.56 Å². The summed E-state index contributed by atoms with van der Waals surface area (Å²) in [5, 5.41) is 13.2. The summed E-state index contributed by atoms with van der Waals surface area (Å²) in [7, 11) is 1.68. The van der Waals surface area contributed by atoms with Crippen molar-refractivity contribution in [2.45, 2.75) is 25.8 Å². The number of aromatic hydroxyl groups is 1. The third-order valence-electron chi connectivity index (χ3n) is 3.49. The summed E-state index contributed by atoms with van der Waals surface area (Å²) >= 11 is 0. The van der Waals surface area contributed by atoms with Crippen LogP contribution in [0.1, 0.15) is 30.5 Å². The van der Waals surface area contributed by atoms with Crippen LogP contribution in [0.15, 0.2) is 48.5 Å². The lowest BCUT2D eigenvalue weighted by atomic mass is 9.98. The summed E-state index contributed by atoms with van der Waals surface area (Å²) in [6.07, 6.45) is 1.92. The Morgan fingerprint density at radius 2 is 1.95 bits per heavy atom. The molecule has 0 fully saturated rings. The van der Waals surface area contributed by atoms with E-state index in [2.05, 4.69) is 24.4 Å². The van der Waals surface area contributed by atoms with Gasteiger partial charge in [-0.3, -0.25) is 0 Å². The molecular formula is C18H23NO2. The number of nitrogens with one attached hydrogen (secondary N) is 1. The van der Waals surface area contributed by atoms with Gasteiger partial charge in [0.15, 0.2) is 0 Å². The molecule has 2 aromatic carbocycles. The van der Waals surface area contributed by atoms with Crippen molar-refractivity contribution in [2.75, 3.05) is 13.7 Å². The van der Waals surface area contributed by atoms with Crippen LogP contribution in [0.5, 0.6) is 11.5 Å². The Morgan fingerprint density at radius 1 is 1.14 bits per heavy atom. The molecule has 3 nitrogen and oxygen atoms in total. The topological polar surface area (TPSA) is 41.5 Å². The Hall–Kier alpha value is -2.00. The Labute approximate surface area is 126 Å². The van der Waals surface area contributed by atoms with E-state index in [0.717, 1.165) is 30.7 Å². The first-order valence-electron chi connectivity index (χ1n) is 7.38. The third kappa shape index (κ3) is 4.50. The summed E-state index contributed by atoms with van der Waals surface area (Å²) < 4.78 is 5.31. The lowest BCUT2D eigenvalue weighted by molar-refractivity contribution is 0.412. The molecular weight excluding hydrogens is 262 g/mol. The van der Waals surface area contributed by atoms with Gasteiger partial charge in [-0.25, -0.2) is 0 Å². The zero-order valence-electron chi connectivity index (χ0n) is 12.7. The van der Waals surface area contributed by atoms with Crippen molar-refractivity contribution in [3.05, 3.63) is 59.7 Å². The number of ether oxygens (including phenoxy) is 1. The van der Waals surface area contributed by atoms with Crippen LogP contribution in [-0.2, 0) is 6.42 Å². The molecule has 0 spiro atoms. The van der Waals surface area contributed by atoms with E-state index in [4.69, 9.17) is 4.74 Å². The minimum atomic E-state index is 0.210. The lowest BCUT2D eigenvalue weighted by Gasteiger charge is -2.20. The minimum Gasteiger partial charge on any atom is -0.508 e. The highest BCUT2D eigenvalue weighted by Crippen LogP contribution is 2.24. The first kappa shape index (κ1) is 15.4. The Balaban J connectivity index is 2.20. The molecule has 2 aromatic rings. The lowest BCUT2D eigenvalue weighted by Crippen LogP contribution is -2.24. The molecule has 0 radical (unpaired) electrons. The smallest absolute Gasteiger partial charge is 0.119 e. The largest absolute Gasteiger partial charge is 0.508 e. The predicted octanol–water partition coefficient (Wildman–Crippen LogP) is 3.68. The molecule has 0 amide bonds. The fraction of sp³-hybridized carbons (Fsp3) is 0.333. The molecule has 0 bridgehead atoms. The van der Waals surface area contributed by atoms with Crippen molar-refractivity contribution in [2.24, 2.45) is 0 Å². The van der Waals surface area contributed by atoms with Crippen LogP contribution in [0, 0.1) is 0 Å². The maximum atomic E-state index is 9.61. The number of rotatable bonds is 7. The van der Waals surface area contributed by atoms with Gasteiger partial charge in [0.05, 0.1) is 7.11 Å². The maximum absolute atomic E-state index is 9.61.